The first-order valence-corrected chi connectivity index (χ1v) is 7.92. The zero-order chi connectivity index (χ0) is 17.1. The van der Waals surface area contributed by atoms with Crippen molar-refractivity contribution < 1.29 is 4.74 Å². The maximum Gasteiger partial charge on any atom is 0.138 e. The minimum Gasteiger partial charge on any atom is -0.497 e. The summed E-state index contributed by atoms with van der Waals surface area (Å²) in [6.45, 7) is 0. The summed E-state index contributed by atoms with van der Waals surface area (Å²) in [5, 5.41) is 0. The number of imidazole rings is 1. The van der Waals surface area contributed by atoms with Crippen LogP contribution >= 0.6 is 0 Å². The Bertz CT molecular complexity index is 907. The molecule has 0 fully saturated rings. The van der Waals surface area contributed by atoms with Crippen molar-refractivity contribution in [2.75, 3.05) is 7.11 Å². The van der Waals surface area contributed by atoms with Gasteiger partial charge in [-0.1, -0.05) is 12.1 Å². The fourth-order valence-electron chi connectivity index (χ4n) is 2.64. The highest BCUT2D eigenvalue weighted by molar-refractivity contribution is 5.78. The number of pyridine rings is 2. The molecule has 0 saturated heterocycles. The summed E-state index contributed by atoms with van der Waals surface area (Å²) in [6, 6.07) is 19.4. The van der Waals surface area contributed by atoms with Gasteiger partial charge in [0.1, 0.15) is 17.3 Å². The molecule has 1 aromatic carbocycles. The molecule has 4 rings (SSSR count). The van der Waals surface area contributed by atoms with Gasteiger partial charge in [-0.2, -0.15) is 0 Å². The Hall–Kier alpha value is -3.47. The lowest BCUT2D eigenvalue weighted by Crippen LogP contribution is -1.88. The third kappa shape index (κ3) is 2.99. The first-order valence-electron chi connectivity index (χ1n) is 7.92. The van der Waals surface area contributed by atoms with Gasteiger partial charge in [0.05, 0.1) is 24.2 Å². The molecular weight excluding hydrogens is 312 g/mol. The molecule has 25 heavy (non-hydrogen) atoms. The summed E-state index contributed by atoms with van der Waals surface area (Å²) < 4.78 is 5.22. The molecule has 5 nitrogen and oxygen atoms in total. The molecule has 0 amide bonds. The second-order valence-corrected chi connectivity index (χ2v) is 5.47. The van der Waals surface area contributed by atoms with Gasteiger partial charge in [-0.05, 0) is 48.5 Å². The smallest absolute Gasteiger partial charge is 0.138 e. The minimum atomic E-state index is 0.768. The highest BCUT2D eigenvalue weighted by atomic mass is 16.5. The molecule has 0 aliphatic heterocycles. The molecule has 0 unspecified atom stereocenters. The van der Waals surface area contributed by atoms with Crippen LogP contribution in [0.3, 0.4) is 0 Å². The fraction of sp³-hybridized carbons (Fsp3) is 0.0500. The van der Waals surface area contributed by atoms with Crippen LogP contribution in [0.25, 0.3) is 34.2 Å². The largest absolute Gasteiger partial charge is 0.497 e. The van der Waals surface area contributed by atoms with Gasteiger partial charge in [-0.25, -0.2) is 4.98 Å². The third-order valence-corrected chi connectivity index (χ3v) is 3.90. The van der Waals surface area contributed by atoms with Crippen molar-refractivity contribution in [2.24, 2.45) is 0 Å². The van der Waals surface area contributed by atoms with Gasteiger partial charge < -0.3 is 9.72 Å². The van der Waals surface area contributed by atoms with Crippen molar-refractivity contribution in [3.63, 3.8) is 0 Å². The molecule has 0 radical (unpaired) electrons. The second kappa shape index (κ2) is 6.57. The van der Waals surface area contributed by atoms with Crippen LogP contribution < -0.4 is 4.74 Å². The lowest BCUT2D eigenvalue weighted by Gasteiger charge is -2.01. The monoisotopic (exact) mass is 328 g/mol. The van der Waals surface area contributed by atoms with Crippen LogP contribution in [0.2, 0.25) is 0 Å². The molecule has 0 aliphatic carbocycles. The summed E-state index contributed by atoms with van der Waals surface area (Å²) in [6.07, 6.45) is 3.53. The molecule has 3 aromatic heterocycles. The van der Waals surface area contributed by atoms with E-state index < -0.39 is 0 Å². The molecule has 0 atom stereocenters. The van der Waals surface area contributed by atoms with Crippen LogP contribution in [-0.2, 0) is 0 Å². The summed E-state index contributed by atoms with van der Waals surface area (Å²) in [5.74, 6) is 1.58. The predicted molar refractivity (Wildman–Crippen MR) is 97.0 cm³/mol. The maximum absolute atomic E-state index is 5.22. The molecule has 5 heteroatoms. The Balaban J connectivity index is 1.86. The van der Waals surface area contributed by atoms with Crippen molar-refractivity contribution in [3.8, 4) is 39.9 Å². The molecule has 122 valence electrons. The van der Waals surface area contributed by atoms with Gasteiger partial charge in [0.25, 0.3) is 0 Å². The van der Waals surface area contributed by atoms with Crippen LogP contribution in [-0.4, -0.2) is 27.0 Å². The van der Waals surface area contributed by atoms with Crippen molar-refractivity contribution >= 4 is 0 Å². The lowest BCUT2D eigenvalue weighted by atomic mass is 10.2. The van der Waals surface area contributed by atoms with Gasteiger partial charge in [0.15, 0.2) is 0 Å². The lowest BCUT2D eigenvalue weighted by molar-refractivity contribution is 0.415. The summed E-state index contributed by atoms with van der Waals surface area (Å²) in [5.41, 5.74) is 4.24. The van der Waals surface area contributed by atoms with Crippen LogP contribution in [0.15, 0.2) is 73.1 Å². The van der Waals surface area contributed by atoms with Crippen molar-refractivity contribution in [1.82, 2.24) is 19.9 Å². The first-order chi connectivity index (χ1) is 12.3. The van der Waals surface area contributed by atoms with Crippen molar-refractivity contribution in [3.05, 3.63) is 73.1 Å². The van der Waals surface area contributed by atoms with E-state index in [1.54, 1.807) is 19.5 Å². The van der Waals surface area contributed by atoms with Gasteiger partial charge in [0.2, 0.25) is 0 Å². The minimum absolute atomic E-state index is 0.768. The van der Waals surface area contributed by atoms with E-state index in [-0.39, 0.29) is 0 Å². The van der Waals surface area contributed by atoms with E-state index in [2.05, 4.69) is 15.0 Å². The number of aromatic nitrogens is 4. The zero-order valence-corrected chi connectivity index (χ0v) is 13.7. The molecule has 3 heterocycles. The Labute approximate surface area is 145 Å². The van der Waals surface area contributed by atoms with Crippen LogP contribution in [0.4, 0.5) is 0 Å². The van der Waals surface area contributed by atoms with Crippen molar-refractivity contribution in [1.29, 1.82) is 0 Å². The fourth-order valence-corrected chi connectivity index (χ4v) is 2.64. The average molecular weight is 328 g/mol. The van der Waals surface area contributed by atoms with Crippen molar-refractivity contribution in [2.45, 2.75) is 0 Å². The van der Waals surface area contributed by atoms with E-state index in [9.17, 15) is 0 Å². The SMILES string of the molecule is COc1ccc(-c2nc(-c3ccccn3)c(-c3ccccn3)[nH]2)cc1. The standard InChI is InChI=1S/C20H16N4O/c1-25-15-10-8-14(9-11-15)20-23-18(16-6-2-4-12-21-16)19(24-20)17-7-3-5-13-22-17/h2-13H,1H3,(H,23,24). The normalized spacial score (nSPS) is 10.6. The first kappa shape index (κ1) is 15.1. The number of nitrogens with zero attached hydrogens (tertiary/aromatic N) is 3. The Morgan fingerprint density at radius 1 is 0.800 bits per heavy atom. The van der Waals surface area contributed by atoms with E-state index in [4.69, 9.17) is 9.72 Å². The number of aromatic amines is 1. The zero-order valence-electron chi connectivity index (χ0n) is 13.7. The summed E-state index contributed by atoms with van der Waals surface area (Å²) >= 11 is 0. The maximum atomic E-state index is 5.22. The third-order valence-electron chi connectivity index (χ3n) is 3.90. The number of methoxy groups -OCH3 is 1. The van der Waals surface area contributed by atoms with Gasteiger partial charge >= 0.3 is 0 Å². The van der Waals surface area contributed by atoms with E-state index in [1.165, 1.54) is 0 Å². The number of ether oxygens (including phenoxy) is 1. The van der Waals surface area contributed by atoms with Gasteiger partial charge in [-0.15, -0.1) is 0 Å². The van der Waals surface area contributed by atoms with Crippen LogP contribution in [0.5, 0.6) is 5.75 Å². The number of nitrogens with one attached hydrogen (secondary N) is 1. The topological polar surface area (TPSA) is 63.7 Å². The molecular formula is C20H16N4O. The van der Waals surface area contributed by atoms with E-state index in [1.807, 2.05) is 60.7 Å². The highest BCUT2D eigenvalue weighted by Crippen LogP contribution is 2.31. The Morgan fingerprint density at radius 3 is 2.08 bits per heavy atom. The molecule has 0 bridgehead atoms. The number of hydrogen-bond acceptors (Lipinski definition) is 4. The number of H-pyrrole nitrogens is 1. The second-order valence-electron chi connectivity index (χ2n) is 5.47. The van der Waals surface area contributed by atoms with E-state index in [0.29, 0.717) is 0 Å². The molecule has 0 spiro atoms. The van der Waals surface area contributed by atoms with Crippen LogP contribution in [0, 0.1) is 0 Å². The Morgan fingerprint density at radius 2 is 1.48 bits per heavy atom. The molecule has 1 N–H and O–H groups in total. The van der Waals surface area contributed by atoms with Crippen LogP contribution in [0.1, 0.15) is 0 Å². The molecule has 0 aliphatic rings. The molecule has 4 aromatic rings. The van der Waals surface area contributed by atoms with E-state index in [0.717, 1.165) is 39.9 Å². The number of benzene rings is 1. The van der Waals surface area contributed by atoms with E-state index >= 15 is 0 Å². The van der Waals surface area contributed by atoms with Gasteiger partial charge in [-0.3, -0.25) is 9.97 Å². The Kier molecular flexibility index (Phi) is 3.96. The summed E-state index contributed by atoms with van der Waals surface area (Å²) in [4.78, 5) is 17.1. The predicted octanol–water partition coefficient (Wildman–Crippen LogP) is 4.21. The van der Waals surface area contributed by atoms with Gasteiger partial charge in [0, 0.05) is 18.0 Å². The number of rotatable bonds is 4. The highest BCUT2D eigenvalue weighted by Gasteiger charge is 2.16. The number of hydrogen-bond donors (Lipinski definition) is 1. The molecule has 0 saturated carbocycles. The quantitative estimate of drug-likeness (QED) is 0.609. The summed E-state index contributed by atoms with van der Waals surface area (Å²) in [7, 11) is 1.65. The average Bonchev–Trinajstić information content (AvgIpc) is 3.15.